The summed E-state index contributed by atoms with van der Waals surface area (Å²) in [5, 5.41) is 0. The Labute approximate surface area is 118 Å². The third kappa shape index (κ3) is 2.34. The second kappa shape index (κ2) is 5.19. The molecule has 2 saturated carbocycles. The molecule has 0 aromatic rings. The highest BCUT2D eigenvalue weighted by molar-refractivity contribution is 5.89. The number of carbonyl (C=O) groups is 3. The molecule has 2 aliphatic carbocycles. The SMILES string of the molecule is NC(=O)C1CCCN(C(=O)C2CC3CCC(C2)C3=O)C1. The monoisotopic (exact) mass is 278 g/mol. The summed E-state index contributed by atoms with van der Waals surface area (Å²) in [5.74, 6) is 0.217. The van der Waals surface area contributed by atoms with E-state index in [0.29, 0.717) is 25.2 Å². The molecule has 0 aromatic carbocycles. The Bertz CT molecular complexity index is 432. The molecule has 3 atom stereocenters. The zero-order valence-corrected chi connectivity index (χ0v) is 11.7. The van der Waals surface area contributed by atoms with Crippen molar-refractivity contribution in [3.8, 4) is 0 Å². The third-order valence-electron chi connectivity index (χ3n) is 5.29. The first-order valence-electron chi connectivity index (χ1n) is 7.68. The van der Waals surface area contributed by atoms with E-state index in [0.717, 1.165) is 32.2 Å². The van der Waals surface area contributed by atoms with Crippen molar-refractivity contribution in [1.82, 2.24) is 4.90 Å². The van der Waals surface area contributed by atoms with Crippen LogP contribution in [-0.4, -0.2) is 35.6 Å². The molecule has 0 radical (unpaired) electrons. The topological polar surface area (TPSA) is 80.5 Å². The molecule has 2 bridgehead atoms. The fourth-order valence-electron chi connectivity index (χ4n) is 4.14. The molecular formula is C15H22N2O3. The van der Waals surface area contributed by atoms with Crippen LogP contribution in [0.15, 0.2) is 0 Å². The highest BCUT2D eigenvalue weighted by atomic mass is 16.2. The summed E-state index contributed by atoms with van der Waals surface area (Å²) < 4.78 is 0. The quantitative estimate of drug-likeness (QED) is 0.808. The van der Waals surface area contributed by atoms with Crippen LogP contribution in [-0.2, 0) is 14.4 Å². The van der Waals surface area contributed by atoms with Gasteiger partial charge in [0.15, 0.2) is 0 Å². The highest BCUT2D eigenvalue weighted by Crippen LogP contribution is 2.42. The standard InChI is InChI=1S/C15H22N2O3/c16-14(19)11-2-1-5-17(8-11)15(20)12-6-9-3-4-10(7-12)13(9)18/h9-12H,1-8H2,(H2,16,19). The Morgan fingerprint density at radius 2 is 1.70 bits per heavy atom. The summed E-state index contributed by atoms with van der Waals surface area (Å²) >= 11 is 0. The van der Waals surface area contributed by atoms with Gasteiger partial charge in [-0.05, 0) is 38.5 Å². The van der Waals surface area contributed by atoms with Gasteiger partial charge in [-0.3, -0.25) is 14.4 Å². The van der Waals surface area contributed by atoms with E-state index >= 15 is 0 Å². The van der Waals surface area contributed by atoms with Gasteiger partial charge >= 0.3 is 0 Å². The van der Waals surface area contributed by atoms with E-state index in [-0.39, 0.29) is 35.5 Å². The number of rotatable bonds is 2. The molecule has 1 heterocycles. The van der Waals surface area contributed by atoms with Gasteiger partial charge in [-0.2, -0.15) is 0 Å². The Kier molecular flexibility index (Phi) is 3.52. The molecule has 2 N–H and O–H groups in total. The van der Waals surface area contributed by atoms with Gasteiger partial charge in [0, 0.05) is 30.8 Å². The summed E-state index contributed by atoms with van der Waals surface area (Å²) in [4.78, 5) is 37.6. The lowest BCUT2D eigenvalue weighted by Gasteiger charge is -2.35. The number of amides is 2. The van der Waals surface area contributed by atoms with E-state index in [1.54, 1.807) is 4.90 Å². The predicted octanol–water partition coefficient (Wildman–Crippen LogP) is 0.716. The maximum Gasteiger partial charge on any atom is 0.225 e. The first-order chi connectivity index (χ1) is 9.56. The maximum atomic E-state index is 12.6. The van der Waals surface area contributed by atoms with E-state index in [9.17, 15) is 14.4 Å². The van der Waals surface area contributed by atoms with Gasteiger partial charge in [0.2, 0.25) is 11.8 Å². The molecule has 20 heavy (non-hydrogen) atoms. The van der Waals surface area contributed by atoms with Crippen LogP contribution >= 0.6 is 0 Å². The second-order valence-electron chi connectivity index (χ2n) is 6.57. The molecule has 5 heteroatoms. The van der Waals surface area contributed by atoms with Gasteiger partial charge in [-0.1, -0.05) is 0 Å². The number of fused-ring (bicyclic) bond motifs is 2. The molecule has 3 fully saturated rings. The number of primary amides is 1. The van der Waals surface area contributed by atoms with Crippen molar-refractivity contribution < 1.29 is 14.4 Å². The molecule has 5 nitrogen and oxygen atoms in total. The number of likely N-dealkylation sites (tertiary alicyclic amines) is 1. The first kappa shape index (κ1) is 13.6. The van der Waals surface area contributed by atoms with Crippen molar-refractivity contribution >= 4 is 17.6 Å². The number of ketones is 1. The zero-order chi connectivity index (χ0) is 14.3. The Balaban J connectivity index is 1.64. The predicted molar refractivity (Wildman–Crippen MR) is 72.4 cm³/mol. The fraction of sp³-hybridized carbons (Fsp3) is 0.800. The zero-order valence-electron chi connectivity index (χ0n) is 11.7. The first-order valence-corrected chi connectivity index (χ1v) is 7.68. The van der Waals surface area contributed by atoms with Gasteiger partial charge in [-0.15, -0.1) is 0 Å². The number of carbonyl (C=O) groups excluding carboxylic acids is 3. The molecular weight excluding hydrogens is 256 g/mol. The minimum atomic E-state index is -0.304. The molecule has 3 aliphatic rings. The molecule has 110 valence electrons. The molecule has 1 saturated heterocycles. The summed E-state index contributed by atoms with van der Waals surface area (Å²) in [6, 6.07) is 0. The summed E-state index contributed by atoms with van der Waals surface area (Å²) in [6.45, 7) is 1.19. The Hall–Kier alpha value is -1.39. The van der Waals surface area contributed by atoms with Crippen molar-refractivity contribution in [3.05, 3.63) is 0 Å². The van der Waals surface area contributed by atoms with Gasteiger partial charge in [-0.25, -0.2) is 0 Å². The second-order valence-corrected chi connectivity index (χ2v) is 6.57. The largest absolute Gasteiger partial charge is 0.369 e. The van der Waals surface area contributed by atoms with Gasteiger partial charge in [0.25, 0.3) is 0 Å². The Morgan fingerprint density at radius 1 is 1.05 bits per heavy atom. The molecule has 0 aromatic heterocycles. The number of nitrogens with zero attached hydrogens (tertiary/aromatic N) is 1. The van der Waals surface area contributed by atoms with Gasteiger partial charge < -0.3 is 10.6 Å². The summed E-state index contributed by atoms with van der Waals surface area (Å²) in [6.07, 6.45) is 4.97. The smallest absolute Gasteiger partial charge is 0.225 e. The molecule has 2 amide bonds. The Morgan fingerprint density at radius 3 is 2.30 bits per heavy atom. The highest BCUT2D eigenvalue weighted by Gasteiger charge is 2.44. The average Bonchev–Trinajstić information content (AvgIpc) is 2.68. The lowest BCUT2D eigenvalue weighted by Crippen LogP contribution is -2.47. The minimum Gasteiger partial charge on any atom is -0.369 e. The van der Waals surface area contributed by atoms with Crippen LogP contribution in [0, 0.1) is 23.7 Å². The number of Topliss-reactive ketones (excluding diaryl/α,β-unsaturated/α-hetero) is 1. The van der Waals surface area contributed by atoms with E-state index in [1.807, 2.05) is 0 Å². The van der Waals surface area contributed by atoms with Crippen LogP contribution in [0.5, 0.6) is 0 Å². The fourth-order valence-corrected chi connectivity index (χ4v) is 4.14. The number of hydrogen-bond acceptors (Lipinski definition) is 3. The van der Waals surface area contributed by atoms with Crippen LogP contribution in [0.3, 0.4) is 0 Å². The minimum absolute atomic E-state index is 0.0168. The maximum absolute atomic E-state index is 12.6. The normalized spacial score (nSPS) is 37.0. The van der Waals surface area contributed by atoms with E-state index in [1.165, 1.54) is 0 Å². The van der Waals surface area contributed by atoms with Gasteiger partial charge in [0.1, 0.15) is 5.78 Å². The van der Waals surface area contributed by atoms with Crippen LogP contribution in [0.1, 0.15) is 38.5 Å². The van der Waals surface area contributed by atoms with Crippen LogP contribution in [0.4, 0.5) is 0 Å². The van der Waals surface area contributed by atoms with Crippen molar-refractivity contribution in [2.75, 3.05) is 13.1 Å². The van der Waals surface area contributed by atoms with E-state index < -0.39 is 0 Å². The van der Waals surface area contributed by atoms with Crippen LogP contribution in [0.25, 0.3) is 0 Å². The van der Waals surface area contributed by atoms with Crippen molar-refractivity contribution in [1.29, 1.82) is 0 Å². The summed E-state index contributed by atoms with van der Waals surface area (Å²) in [5.41, 5.74) is 5.36. The molecule has 1 aliphatic heterocycles. The number of nitrogens with two attached hydrogens (primary N) is 1. The van der Waals surface area contributed by atoms with Crippen molar-refractivity contribution in [3.63, 3.8) is 0 Å². The molecule has 0 spiro atoms. The van der Waals surface area contributed by atoms with E-state index in [4.69, 9.17) is 5.73 Å². The molecule has 3 rings (SSSR count). The third-order valence-corrected chi connectivity index (χ3v) is 5.29. The lowest BCUT2D eigenvalue weighted by atomic mass is 9.79. The summed E-state index contributed by atoms with van der Waals surface area (Å²) in [7, 11) is 0. The lowest BCUT2D eigenvalue weighted by molar-refractivity contribution is -0.142. The number of hydrogen-bond donors (Lipinski definition) is 1. The van der Waals surface area contributed by atoms with E-state index in [2.05, 4.69) is 0 Å². The van der Waals surface area contributed by atoms with Gasteiger partial charge in [0.05, 0.1) is 5.92 Å². The van der Waals surface area contributed by atoms with Crippen molar-refractivity contribution in [2.45, 2.75) is 38.5 Å². The average molecular weight is 278 g/mol. The van der Waals surface area contributed by atoms with Crippen molar-refractivity contribution in [2.24, 2.45) is 29.4 Å². The number of piperidine rings is 1. The molecule has 3 unspecified atom stereocenters. The van der Waals surface area contributed by atoms with Crippen LogP contribution < -0.4 is 5.73 Å². The van der Waals surface area contributed by atoms with Crippen LogP contribution in [0.2, 0.25) is 0 Å².